The van der Waals surface area contributed by atoms with Gasteiger partial charge in [-0.2, -0.15) is 0 Å². The molecular weight excluding hydrogens is 366 g/mol. The molecule has 6 heteroatoms. The highest BCUT2D eigenvalue weighted by Crippen LogP contribution is 2.23. The Morgan fingerprint density at radius 2 is 1.79 bits per heavy atom. The van der Waals surface area contributed by atoms with Crippen molar-refractivity contribution in [2.24, 2.45) is 0 Å². The maximum Gasteiger partial charge on any atom is 0.339 e. The number of para-hydroxylation sites is 1. The summed E-state index contributed by atoms with van der Waals surface area (Å²) in [5.41, 5.74) is 4.54. The van der Waals surface area contributed by atoms with Crippen LogP contribution in [0.15, 0.2) is 66.9 Å². The van der Waals surface area contributed by atoms with Crippen LogP contribution in [0, 0.1) is 0 Å². The first kappa shape index (κ1) is 18.7. The summed E-state index contributed by atoms with van der Waals surface area (Å²) in [6, 6.07) is 18.7. The van der Waals surface area contributed by atoms with Crippen molar-refractivity contribution in [1.29, 1.82) is 0 Å². The summed E-state index contributed by atoms with van der Waals surface area (Å²) in [7, 11) is 1.35. The molecule has 3 aromatic rings. The summed E-state index contributed by atoms with van der Waals surface area (Å²) in [5.74, 6) is -0.533. The van der Waals surface area contributed by atoms with E-state index in [1.165, 1.54) is 18.2 Å². The van der Waals surface area contributed by atoms with Crippen LogP contribution < -0.4 is 5.32 Å². The molecule has 2 aromatic carbocycles. The minimum absolute atomic E-state index is 0.107. The Bertz CT molecular complexity index is 1060. The summed E-state index contributed by atoms with van der Waals surface area (Å²) in [6.45, 7) is 1.25. The van der Waals surface area contributed by atoms with Crippen LogP contribution in [0.25, 0.3) is 0 Å². The molecule has 0 bridgehead atoms. The molecule has 1 aliphatic heterocycles. The fourth-order valence-corrected chi connectivity index (χ4v) is 3.49. The third-order valence-corrected chi connectivity index (χ3v) is 5.01. The van der Waals surface area contributed by atoms with Crippen molar-refractivity contribution in [3.8, 4) is 0 Å². The Labute approximate surface area is 169 Å². The molecule has 29 heavy (non-hydrogen) atoms. The van der Waals surface area contributed by atoms with Crippen molar-refractivity contribution in [3.05, 3.63) is 89.2 Å². The van der Waals surface area contributed by atoms with Gasteiger partial charge < -0.3 is 15.0 Å². The number of amides is 1. The molecule has 2 heterocycles. The first-order valence-corrected chi connectivity index (χ1v) is 9.42. The van der Waals surface area contributed by atoms with E-state index in [1.807, 2.05) is 23.1 Å². The van der Waals surface area contributed by atoms with Gasteiger partial charge in [0, 0.05) is 25.0 Å². The van der Waals surface area contributed by atoms with Gasteiger partial charge in [0.1, 0.15) is 5.69 Å². The normalized spacial score (nSPS) is 12.8. The fraction of sp³-hybridized carbons (Fsp3) is 0.174. The number of carbonyl (C=O) groups excluding carboxylic acids is 2. The van der Waals surface area contributed by atoms with Crippen LogP contribution in [-0.2, 0) is 17.7 Å². The minimum atomic E-state index is -0.426. The highest BCUT2D eigenvalue weighted by molar-refractivity contribution is 5.97. The molecule has 1 amide bonds. The molecule has 0 atom stereocenters. The van der Waals surface area contributed by atoms with Gasteiger partial charge in [-0.15, -0.1) is 0 Å². The average molecular weight is 387 g/mol. The average Bonchev–Trinajstić information content (AvgIpc) is 2.78. The number of methoxy groups -OCH3 is 1. The van der Waals surface area contributed by atoms with Crippen LogP contribution >= 0.6 is 0 Å². The van der Waals surface area contributed by atoms with E-state index >= 15 is 0 Å². The standard InChI is InChI=1S/C23H21N3O3/c1-29-23(28)19-8-4-5-9-20(19)25-18-10-12-24-21(14-18)22(27)26-13-11-16-6-2-3-7-17(16)15-26/h2-10,12,14H,11,13,15H2,1H3,(H,24,25). The van der Waals surface area contributed by atoms with Crippen LogP contribution in [0.1, 0.15) is 32.0 Å². The minimum Gasteiger partial charge on any atom is -0.465 e. The molecule has 146 valence electrons. The molecule has 1 aromatic heterocycles. The molecular formula is C23H21N3O3. The number of esters is 1. The van der Waals surface area contributed by atoms with E-state index in [2.05, 4.69) is 22.4 Å². The largest absolute Gasteiger partial charge is 0.465 e. The number of aromatic nitrogens is 1. The van der Waals surface area contributed by atoms with E-state index < -0.39 is 5.97 Å². The first-order valence-electron chi connectivity index (χ1n) is 9.42. The molecule has 6 nitrogen and oxygen atoms in total. The second-order valence-electron chi connectivity index (χ2n) is 6.84. The Balaban J connectivity index is 1.54. The van der Waals surface area contributed by atoms with Crippen LogP contribution in [-0.4, -0.2) is 35.4 Å². The van der Waals surface area contributed by atoms with Gasteiger partial charge in [0.05, 0.1) is 18.4 Å². The predicted octanol–water partition coefficient (Wildman–Crippen LogP) is 3.81. The zero-order valence-corrected chi connectivity index (χ0v) is 16.1. The molecule has 1 aliphatic rings. The number of pyridine rings is 1. The van der Waals surface area contributed by atoms with Gasteiger partial charge in [-0.1, -0.05) is 36.4 Å². The number of hydrogen-bond acceptors (Lipinski definition) is 5. The Morgan fingerprint density at radius 1 is 1.03 bits per heavy atom. The number of carbonyl (C=O) groups is 2. The number of benzene rings is 2. The van der Waals surface area contributed by atoms with Crippen molar-refractivity contribution in [2.75, 3.05) is 19.0 Å². The van der Waals surface area contributed by atoms with Crippen molar-refractivity contribution in [1.82, 2.24) is 9.88 Å². The van der Waals surface area contributed by atoms with Gasteiger partial charge in [0.25, 0.3) is 5.91 Å². The maximum atomic E-state index is 13.0. The topological polar surface area (TPSA) is 71.5 Å². The molecule has 1 N–H and O–H groups in total. The van der Waals surface area contributed by atoms with Gasteiger partial charge in [-0.3, -0.25) is 9.78 Å². The number of nitrogens with zero attached hydrogens (tertiary/aromatic N) is 2. The number of nitrogens with one attached hydrogen (secondary N) is 1. The molecule has 0 aliphatic carbocycles. The molecule has 4 rings (SSSR count). The highest BCUT2D eigenvalue weighted by Gasteiger charge is 2.22. The van der Waals surface area contributed by atoms with E-state index in [4.69, 9.17) is 4.74 Å². The summed E-state index contributed by atoms with van der Waals surface area (Å²) in [5, 5.41) is 3.19. The lowest BCUT2D eigenvalue weighted by atomic mass is 10.00. The van der Waals surface area contributed by atoms with Crippen molar-refractivity contribution >= 4 is 23.3 Å². The predicted molar refractivity (Wildman–Crippen MR) is 110 cm³/mol. The second kappa shape index (κ2) is 8.14. The summed E-state index contributed by atoms with van der Waals surface area (Å²) in [4.78, 5) is 31.0. The van der Waals surface area contributed by atoms with Crippen molar-refractivity contribution < 1.29 is 14.3 Å². The first-order chi connectivity index (χ1) is 14.2. The lowest BCUT2D eigenvalue weighted by Crippen LogP contribution is -2.36. The molecule has 0 spiro atoms. The summed E-state index contributed by atoms with van der Waals surface area (Å²) < 4.78 is 4.83. The maximum absolute atomic E-state index is 13.0. The van der Waals surface area contributed by atoms with E-state index in [1.54, 1.807) is 36.5 Å². The lowest BCUT2D eigenvalue weighted by Gasteiger charge is -2.28. The number of hydrogen-bond donors (Lipinski definition) is 1. The monoisotopic (exact) mass is 387 g/mol. The Kier molecular flexibility index (Phi) is 5.24. The Morgan fingerprint density at radius 3 is 2.62 bits per heavy atom. The van der Waals surface area contributed by atoms with Gasteiger partial charge in [-0.25, -0.2) is 4.79 Å². The SMILES string of the molecule is COC(=O)c1ccccc1Nc1ccnc(C(=O)N2CCc3ccccc3C2)c1. The summed E-state index contributed by atoms with van der Waals surface area (Å²) >= 11 is 0. The lowest BCUT2D eigenvalue weighted by molar-refractivity contribution is 0.0601. The van der Waals surface area contributed by atoms with Crippen LogP contribution in [0.4, 0.5) is 11.4 Å². The number of ether oxygens (including phenoxy) is 1. The zero-order chi connectivity index (χ0) is 20.2. The van der Waals surface area contributed by atoms with Gasteiger partial charge in [0.2, 0.25) is 0 Å². The highest BCUT2D eigenvalue weighted by atomic mass is 16.5. The van der Waals surface area contributed by atoms with E-state index in [9.17, 15) is 9.59 Å². The van der Waals surface area contributed by atoms with Gasteiger partial charge in [0.15, 0.2) is 0 Å². The van der Waals surface area contributed by atoms with Gasteiger partial charge in [-0.05, 0) is 41.8 Å². The Hall–Kier alpha value is -3.67. The molecule has 0 saturated heterocycles. The van der Waals surface area contributed by atoms with E-state index in [0.29, 0.717) is 35.7 Å². The molecule has 0 fully saturated rings. The third-order valence-electron chi connectivity index (χ3n) is 5.01. The van der Waals surface area contributed by atoms with Crippen molar-refractivity contribution in [3.63, 3.8) is 0 Å². The van der Waals surface area contributed by atoms with Crippen LogP contribution in [0.2, 0.25) is 0 Å². The van der Waals surface area contributed by atoms with Crippen molar-refractivity contribution in [2.45, 2.75) is 13.0 Å². The van der Waals surface area contributed by atoms with Crippen LogP contribution in [0.3, 0.4) is 0 Å². The zero-order valence-electron chi connectivity index (χ0n) is 16.1. The van der Waals surface area contributed by atoms with Gasteiger partial charge >= 0.3 is 5.97 Å². The van der Waals surface area contributed by atoms with E-state index in [-0.39, 0.29) is 5.91 Å². The summed E-state index contributed by atoms with van der Waals surface area (Å²) in [6.07, 6.45) is 2.43. The number of anilines is 2. The number of fused-ring (bicyclic) bond motifs is 1. The quantitative estimate of drug-likeness (QED) is 0.690. The van der Waals surface area contributed by atoms with E-state index in [0.717, 1.165) is 6.42 Å². The van der Waals surface area contributed by atoms with Crippen LogP contribution in [0.5, 0.6) is 0 Å². The fourth-order valence-electron chi connectivity index (χ4n) is 3.49. The number of rotatable bonds is 4. The molecule has 0 unspecified atom stereocenters. The molecule has 0 radical (unpaired) electrons. The third kappa shape index (κ3) is 3.96. The molecule has 0 saturated carbocycles. The second-order valence-corrected chi connectivity index (χ2v) is 6.84. The smallest absolute Gasteiger partial charge is 0.339 e.